The molecule has 0 spiro atoms. The lowest BCUT2D eigenvalue weighted by molar-refractivity contribution is -0.141. The van der Waals surface area contributed by atoms with Crippen LogP contribution in [-0.2, 0) is 19.6 Å². The average molecular weight is 560 g/mol. The number of fused-ring (bicyclic) bond motifs is 1. The summed E-state index contributed by atoms with van der Waals surface area (Å²) in [5.74, 6) is -3.54. The van der Waals surface area contributed by atoms with Gasteiger partial charge in [-0.3, -0.25) is 4.79 Å². The van der Waals surface area contributed by atoms with Crippen molar-refractivity contribution in [2.75, 3.05) is 34.7 Å². The molecule has 4 rings (SSSR count). The van der Waals surface area contributed by atoms with Crippen LogP contribution in [0.15, 0.2) is 36.9 Å². The minimum atomic E-state index is -6.10. The summed E-state index contributed by atoms with van der Waals surface area (Å²) >= 11 is 0. The lowest BCUT2D eigenvalue weighted by Gasteiger charge is -2.28. The second kappa shape index (κ2) is 10.2. The van der Waals surface area contributed by atoms with E-state index in [4.69, 9.17) is 28.4 Å². The number of carbonyl (C=O) groups is 1. The third kappa shape index (κ3) is 4.75. The third-order valence-electron chi connectivity index (χ3n) is 6.18. The monoisotopic (exact) mass is 560 g/mol. The SMILES string of the molecule is C=C[C@H]1COC(=O)C1C(c1cc(OC)c(OC)c(OC)c1)c1cc2c(cc1OS(=O)(=O)C(F)(F)F)OCO2. The molecule has 0 saturated carbocycles. The van der Waals surface area contributed by atoms with E-state index in [2.05, 4.69) is 10.8 Å². The summed E-state index contributed by atoms with van der Waals surface area (Å²) in [6.45, 7) is 3.43. The Kier molecular flexibility index (Phi) is 7.28. The van der Waals surface area contributed by atoms with Crippen LogP contribution < -0.4 is 27.9 Å². The van der Waals surface area contributed by atoms with Crippen LogP contribution in [0.4, 0.5) is 13.2 Å². The van der Waals surface area contributed by atoms with Gasteiger partial charge in [-0.15, -0.1) is 6.58 Å². The fourth-order valence-electron chi connectivity index (χ4n) is 4.43. The number of halogens is 3. The van der Waals surface area contributed by atoms with Crippen molar-refractivity contribution >= 4 is 16.1 Å². The Balaban J connectivity index is 2.02. The largest absolute Gasteiger partial charge is 0.534 e. The highest BCUT2D eigenvalue weighted by Gasteiger charge is 2.50. The Hall–Kier alpha value is -3.81. The first-order valence-electron chi connectivity index (χ1n) is 11.0. The molecule has 2 aromatic rings. The highest BCUT2D eigenvalue weighted by molar-refractivity contribution is 7.88. The predicted octanol–water partition coefficient (Wildman–Crippen LogP) is 3.78. The minimum absolute atomic E-state index is 0.0426. The molecule has 14 heteroatoms. The number of esters is 1. The molecule has 206 valence electrons. The minimum Gasteiger partial charge on any atom is -0.493 e. The van der Waals surface area contributed by atoms with Crippen LogP contribution in [0.25, 0.3) is 0 Å². The van der Waals surface area contributed by atoms with E-state index in [0.29, 0.717) is 5.56 Å². The van der Waals surface area contributed by atoms with E-state index < -0.39 is 45.1 Å². The van der Waals surface area contributed by atoms with Crippen LogP contribution in [0.3, 0.4) is 0 Å². The zero-order valence-corrected chi connectivity index (χ0v) is 21.2. The van der Waals surface area contributed by atoms with E-state index >= 15 is 0 Å². The Morgan fingerprint density at radius 1 is 0.974 bits per heavy atom. The van der Waals surface area contributed by atoms with Gasteiger partial charge in [-0.1, -0.05) is 6.08 Å². The maximum Gasteiger partial charge on any atom is 0.534 e. The van der Waals surface area contributed by atoms with E-state index in [1.807, 2.05) is 0 Å². The van der Waals surface area contributed by atoms with E-state index in [9.17, 15) is 26.4 Å². The number of benzene rings is 2. The van der Waals surface area contributed by atoms with Crippen molar-refractivity contribution < 1.29 is 59.0 Å². The molecule has 2 aliphatic heterocycles. The Morgan fingerprint density at radius 3 is 2.11 bits per heavy atom. The molecule has 1 saturated heterocycles. The number of hydrogen-bond donors (Lipinski definition) is 0. The maximum atomic E-state index is 13.3. The predicted molar refractivity (Wildman–Crippen MR) is 124 cm³/mol. The van der Waals surface area contributed by atoms with Crippen molar-refractivity contribution in [2.45, 2.75) is 11.4 Å². The van der Waals surface area contributed by atoms with Crippen LogP contribution >= 0.6 is 0 Å². The first kappa shape index (κ1) is 27.2. The maximum absolute atomic E-state index is 13.3. The molecule has 10 nitrogen and oxygen atoms in total. The normalized spacial score (nSPS) is 19.5. The second-order valence-electron chi connectivity index (χ2n) is 8.22. The van der Waals surface area contributed by atoms with Crippen LogP contribution in [0.1, 0.15) is 17.0 Å². The highest BCUT2D eigenvalue weighted by Crippen LogP contribution is 2.51. The summed E-state index contributed by atoms with van der Waals surface area (Å²) in [6, 6.07) is 5.22. The van der Waals surface area contributed by atoms with E-state index in [1.54, 1.807) is 0 Å². The van der Waals surface area contributed by atoms with E-state index in [0.717, 1.165) is 6.07 Å². The van der Waals surface area contributed by atoms with E-state index in [1.165, 1.54) is 45.6 Å². The zero-order valence-electron chi connectivity index (χ0n) is 20.4. The quantitative estimate of drug-likeness (QED) is 0.194. The number of rotatable bonds is 9. The number of hydrogen-bond acceptors (Lipinski definition) is 10. The molecule has 0 bridgehead atoms. The van der Waals surface area contributed by atoms with Gasteiger partial charge in [0.15, 0.2) is 28.7 Å². The summed E-state index contributed by atoms with van der Waals surface area (Å²) in [4.78, 5) is 13.0. The molecule has 2 aromatic carbocycles. The number of alkyl halides is 3. The molecule has 0 aliphatic carbocycles. The van der Waals surface area contributed by atoms with Crippen LogP contribution in [0, 0.1) is 11.8 Å². The van der Waals surface area contributed by atoms with Crippen molar-refractivity contribution in [1.82, 2.24) is 0 Å². The first-order valence-corrected chi connectivity index (χ1v) is 12.4. The summed E-state index contributed by atoms with van der Waals surface area (Å²) in [5.41, 5.74) is -5.55. The fourth-order valence-corrected chi connectivity index (χ4v) is 4.91. The van der Waals surface area contributed by atoms with Crippen molar-refractivity contribution in [2.24, 2.45) is 11.8 Å². The lowest BCUT2D eigenvalue weighted by Crippen LogP contribution is -2.29. The third-order valence-corrected chi connectivity index (χ3v) is 7.15. The molecule has 0 N–H and O–H groups in total. The number of methoxy groups -OCH3 is 3. The smallest absolute Gasteiger partial charge is 0.493 e. The molecule has 2 aliphatic rings. The van der Waals surface area contributed by atoms with Crippen LogP contribution in [0.5, 0.6) is 34.5 Å². The molecular weight excluding hydrogens is 537 g/mol. The summed E-state index contributed by atoms with van der Waals surface area (Å²) in [7, 11) is -2.00. The first-order chi connectivity index (χ1) is 17.9. The molecule has 0 aromatic heterocycles. The van der Waals surface area contributed by atoms with Gasteiger partial charge < -0.3 is 32.6 Å². The van der Waals surface area contributed by atoms with Crippen molar-refractivity contribution in [1.29, 1.82) is 0 Å². The average Bonchev–Trinajstić information content (AvgIpc) is 3.48. The molecule has 3 atom stereocenters. The topological polar surface area (TPSA) is 116 Å². The summed E-state index contributed by atoms with van der Waals surface area (Å²) in [5, 5.41) is 0. The standard InChI is InChI=1S/C24H23F3O10S/c1-5-12-10-34-23(28)21(12)20(13-6-18(31-2)22(33-4)19(7-13)32-3)14-8-16-17(36-11-35-16)9-15(14)37-38(29,30)24(25,26)27/h5-9,12,20-21H,1,10-11H2,2-4H3/t12-,20?,21?/m0/s1. The Bertz CT molecular complexity index is 1330. The lowest BCUT2D eigenvalue weighted by atomic mass is 9.75. The van der Waals surface area contributed by atoms with Crippen LogP contribution in [-0.4, -0.2) is 54.6 Å². The van der Waals surface area contributed by atoms with Crippen molar-refractivity contribution in [3.63, 3.8) is 0 Å². The Morgan fingerprint density at radius 2 is 1.58 bits per heavy atom. The molecule has 0 radical (unpaired) electrons. The van der Waals surface area contributed by atoms with Gasteiger partial charge in [-0.05, 0) is 23.8 Å². The Labute approximate surface area is 215 Å². The van der Waals surface area contributed by atoms with Crippen molar-refractivity contribution in [3.05, 3.63) is 48.0 Å². The zero-order chi connectivity index (χ0) is 27.8. The second-order valence-corrected chi connectivity index (χ2v) is 9.76. The van der Waals surface area contributed by atoms with Gasteiger partial charge in [0.1, 0.15) is 0 Å². The molecule has 0 amide bonds. The van der Waals surface area contributed by atoms with Gasteiger partial charge in [0.25, 0.3) is 0 Å². The fraction of sp³-hybridized carbons (Fsp3) is 0.375. The summed E-state index contributed by atoms with van der Waals surface area (Å²) in [6.07, 6.45) is 1.47. The van der Waals surface area contributed by atoms with Gasteiger partial charge in [0, 0.05) is 23.5 Å². The molecule has 2 unspecified atom stereocenters. The number of cyclic esters (lactones) is 1. The van der Waals surface area contributed by atoms with Gasteiger partial charge in [0.05, 0.1) is 33.9 Å². The summed E-state index contributed by atoms with van der Waals surface area (Å²) < 4.78 is 101. The van der Waals surface area contributed by atoms with Gasteiger partial charge >= 0.3 is 21.6 Å². The van der Waals surface area contributed by atoms with Gasteiger partial charge in [-0.2, -0.15) is 21.6 Å². The number of ether oxygens (including phenoxy) is 6. The molecule has 38 heavy (non-hydrogen) atoms. The van der Waals surface area contributed by atoms with Crippen LogP contribution in [0.2, 0.25) is 0 Å². The van der Waals surface area contributed by atoms with Crippen molar-refractivity contribution in [3.8, 4) is 34.5 Å². The van der Waals surface area contributed by atoms with Gasteiger partial charge in [-0.25, -0.2) is 0 Å². The molecular formula is C24H23F3O10S. The molecule has 2 heterocycles. The molecule has 1 fully saturated rings. The number of carbonyl (C=O) groups excluding carboxylic acids is 1. The van der Waals surface area contributed by atoms with E-state index in [-0.39, 0.29) is 47.7 Å². The highest BCUT2D eigenvalue weighted by atomic mass is 32.2. The van der Waals surface area contributed by atoms with Gasteiger partial charge in [0.2, 0.25) is 12.5 Å².